The maximum atomic E-state index is 13.1. The Morgan fingerprint density at radius 3 is 2.69 bits per heavy atom. The Kier molecular flexibility index (Phi) is 2.70. The first-order chi connectivity index (χ1) is 7.58. The standard InChI is InChI=1S/C11H8FNO2S/c12-6-1-2-8(11(14)15)9(3-6)10-4-7(16)5-13-10/h1-5,13,16H,(H,14,15). The first-order valence-electron chi connectivity index (χ1n) is 4.48. The molecule has 16 heavy (non-hydrogen) atoms. The van der Waals surface area contributed by atoms with E-state index in [1.807, 2.05) is 0 Å². The fraction of sp³-hybridized carbons (Fsp3) is 0. The molecule has 1 aromatic carbocycles. The second-order valence-corrected chi connectivity index (χ2v) is 3.78. The molecule has 1 aromatic heterocycles. The van der Waals surface area contributed by atoms with E-state index in [1.165, 1.54) is 12.1 Å². The van der Waals surface area contributed by atoms with Gasteiger partial charge in [0.25, 0.3) is 0 Å². The van der Waals surface area contributed by atoms with E-state index in [0.717, 1.165) is 6.07 Å². The molecule has 0 aliphatic carbocycles. The molecule has 0 aliphatic heterocycles. The number of carbonyl (C=O) groups is 1. The van der Waals surface area contributed by atoms with Crippen molar-refractivity contribution in [3.8, 4) is 11.3 Å². The lowest BCUT2D eigenvalue weighted by atomic mass is 10.0. The largest absolute Gasteiger partial charge is 0.478 e. The molecule has 0 saturated carbocycles. The van der Waals surface area contributed by atoms with Crippen LogP contribution in [0.4, 0.5) is 4.39 Å². The number of carboxylic acids is 1. The highest BCUT2D eigenvalue weighted by molar-refractivity contribution is 7.80. The first kappa shape index (κ1) is 10.8. The monoisotopic (exact) mass is 237 g/mol. The Hall–Kier alpha value is -1.75. The summed E-state index contributed by atoms with van der Waals surface area (Å²) in [6.07, 6.45) is 1.61. The number of aromatic carboxylic acids is 1. The summed E-state index contributed by atoms with van der Waals surface area (Å²) >= 11 is 4.09. The molecule has 0 atom stereocenters. The van der Waals surface area contributed by atoms with Gasteiger partial charge in [-0.05, 0) is 24.3 Å². The second-order valence-electron chi connectivity index (χ2n) is 3.27. The van der Waals surface area contributed by atoms with Crippen LogP contribution in [0.15, 0.2) is 35.4 Å². The van der Waals surface area contributed by atoms with Crippen molar-refractivity contribution < 1.29 is 14.3 Å². The van der Waals surface area contributed by atoms with Crippen LogP contribution in [0.2, 0.25) is 0 Å². The van der Waals surface area contributed by atoms with Crippen molar-refractivity contribution in [3.63, 3.8) is 0 Å². The zero-order valence-electron chi connectivity index (χ0n) is 8.07. The van der Waals surface area contributed by atoms with Crippen LogP contribution >= 0.6 is 12.6 Å². The molecule has 0 unspecified atom stereocenters. The van der Waals surface area contributed by atoms with E-state index in [2.05, 4.69) is 17.6 Å². The summed E-state index contributed by atoms with van der Waals surface area (Å²) in [5.74, 6) is -1.57. The van der Waals surface area contributed by atoms with Crippen LogP contribution in [0.3, 0.4) is 0 Å². The summed E-state index contributed by atoms with van der Waals surface area (Å²) < 4.78 is 13.1. The van der Waals surface area contributed by atoms with E-state index in [1.54, 1.807) is 12.3 Å². The molecule has 0 spiro atoms. The Balaban J connectivity index is 2.62. The Morgan fingerprint density at radius 2 is 2.12 bits per heavy atom. The summed E-state index contributed by atoms with van der Waals surface area (Å²) in [5, 5.41) is 8.97. The lowest BCUT2D eigenvalue weighted by Gasteiger charge is -2.03. The minimum Gasteiger partial charge on any atom is -0.478 e. The zero-order chi connectivity index (χ0) is 11.7. The number of nitrogens with one attached hydrogen (secondary N) is 1. The Bertz CT molecular complexity index is 551. The minimum atomic E-state index is -1.09. The van der Waals surface area contributed by atoms with Crippen molar-refractivity contribution in [2.45, 2.75) is 4.90 Å². The van der Waals surface area contributed by atoms with Crippen molar-refractivity contribution in [2.75, 3.05) is 0 Å². The van der Waals surface area contributed by atoms with Crippen molar-refractivity contribution in [1.82, 2.24) is 4.98 Å². The molecule has 0 saturated heterocycles. The van der Waals surface area contributed by atoms with Crippen molar-refractivity contribution in [1.29, 1.82) is 0 Å². The molecule has 2 N–H and O–H groups in total. The van der Waals surface area contributed by atoms with Crippen LogP contribution in [0.1, 0.15) is 10.4 Å². The third kappa shape index (κ3) is 1.94. The highest BCUT2D eigenvalue weighted by atomic mass is 32.1. The number of aromatic amines is 1. The molecule has 5 heteroatoms. The molecule has 0 bridgehead atoms. The van der Waals surface area contributed by atoms with Crippen LogP contribution < -0.4 is 0 Å². The number of halogens is 1. The summed E-state index contributed by atoms with van der Waals surface area (Å²) in [6.45, 7) is 0. The van der Waals surface area contributed by atoms with E-state index in [-0.39, 0.29) is 5.56 Å². The van der Waals surface area contributed by atoms with Gasteiger partial charge in [0.15, 0.2) is 0 Å². The molecule has 2 aromatic rings. The number of carboxylic acid groups (broad SMARTS) is 1. The number of aromatic nitrogens is 1. The fourth-order valence-corrected chi connectivity index (χ4v) is 1.66. The van der Waals surface area contributed by atoms with Gasteiger partial charge in [-0.3, -0.25) is 0 Å². The van der Waals surface area contributed by atoms with Crippen LogP contribution in [0.25, 0.3) is 11.3 Å². The topological polar surface area (TPSA) is 53.1 Å². The smallest absolute Gasteiger partial charge is 0.336 e. The normalized spacial score (nSPS) is 10.4. The Labute approximate surface area is 96.3 Å². The second kappa shape index (κ2) is 4.02. The van der Waals surface area contributed by atoms with Gasteiger partial charge in [-0.25, -0.2) is 9.18 Å². The van der Waals surface area contributed by atoms with Gasteiger partial charge in [0.1, 0.15) is 5.82 Å². The third-order valence-corrected chi connectivity index (χ3v) is 2.43. The fourth-order valence-electron chi connectivity index (χ4n) is 1.46. The SMILES string of the molecule is O=C(O)c1ccc(F)cc1-c1cc(S)c[nH]1. The van der Waals surface area contributed by atoms with E-state index in [9.17, 15) is 9.18 Å². The number of hydrogen-bond donors (Lipinski definition) is 3. The molecule has 2 rings (SSSR count). The van der Waals surface area contributed by atoms with Crippen molar-refractivity contribution >= 4 is 18.6 Å². The summed E-state index contributed by atoms with van der Waals surface area (Å²) in [7, 11) is 0. The molecule has 0 radical (unpaired) electrons. The van der Waals surface area contributed by atoms with Crippen LogP contribution in [0.5, 0.6) is 0 Å². The van der Waals surface area contributed by atoms with Gasteiger partial charge in [-0.15, -0.1) is 12.6 Å². The zero-order valence-corrected chi connectivity index (χ0v) is 8.96. The lowest BCUT2D eigenvalue weighted by Crippen LogP contribution is -2.00. The van der Waals surface area contributed by atoms with Crippen molar-refractivity contribution in [2.24, 2.45) is 0 Å². The van der Waals surface area contributed by atoms with E-state index >= 15 is 0 Å². The van der Waals surface area contributed by atoms with Gasteiger partial charge in [0.2, 0.25) is 0 Å². The predicted octanol–water partition coefficient (Wildman–Crippen LogP) is 2.81. The van der Waals surface area contributed by atoms with Crippen LogP contribution in [-0.2, 0) is 0 Å². The van der Waals surface area contributed by atoms with Crippen LogP contribution in [0, 0.1) is 5.82 Å². The van der Waals surface area contributed by atoms with E-state index in [4.69, 9.17) is 5.11 Å². The first-order valence-corrected chi connectivity index (χ1v) is 4.93. The maximum absolute atomic E-state index is 13.1. The van der Waals surface area contributed by atoms with E-state index in [0.29, 0.717) is 16.2 Å². The molecular formula is C11H8FNO2S. The molecule has 0 amide bonds. The Morgan fingerprint density at radius 1 is 1.38 bits per heavy atom. The van der Waals surface area contributed by atoms with Gasteiger partial charge in [-0.2, -0.15) is 0 Å². The van der Waals surface area contributed by atoms with Gasteiger partial charge < -0.3 is 10.1 Å². The third-order valence-electron chi connectivity index (χ3n) is 2.17. The van der Waals surface area contributed by atoms with Gasteiger partial charge in [0, 0.05) is 22.3 Å². The quantitative estimate of drug-likeness (QED) is 0.703. The molecule has 0 fully saturated rings. The van der Waals surface area contributed by atoms with E-state index < -0.39 is 11.8 Å². The van der Waals surface area contributed by atoms with Gasteiger partial charge in [0.05, 0.1) is 5.56 Å². The number of benzene rings is 1. The molecular weight excluding hydrogens is 229 g/mol. The average molecular weight is 237 g/mol. The number of thiol groups is 1. The van der Waals surface area contributed by atoms with Crippen LogP contribution in [-0.4, -0.2) is 16.1 Å². The lowest BCUT2D eigenvalue weighted by molar-refractivity contribution is 0.0697. The molecule has 3 nitrogen and oxygen atoms in total. The highest BCUT2D eigenvalue weighted by Crippen LogP contribution is 2.25. The molecule has 0 aliphatic rings. The molecule has 1 heterocycles. The van der Waals surface area contributed by atoms with Crippen molar-refractivity contribution in [3.05, 3.63) is 41.8 Å². The number of hydrogen-bond acceptors (Lipinski definition) is 2. The average Bonchev–Trinajstić information content (AvgIpc) is 2.64. The maximum Gasteiger partial charge on any atom is 0.336 e. The summed E-state index contributed by atoms with van der Waals surface area (Å²) in [5.41, 5.74) is 0.895. The molecule has 82 valence electrons. The predicted molar refractivity (Wildman–Crippen MR) is 60.4 cm³/mol. The summed E-state index contributed by atoms with van der Waals surface area (Å²) in [4.78, 5) is 14.5. The highest BCUT2D eigenvalue weighted by Gasteiger charge is 2.13. The number of H-pyrrole nitrogens is 1. The summed E-state index contributed by atoms with van der Waals surface area (Å²) in [6, 6.07) is 5.19. The van der Waals surface area contributed by atoms with Gasteiger partial charge >= 0.3 is 5.97 Å². The number of rotatable bonds is 2. The minimum absolute atomic E-state index is 0.0524. The van der Waals surface area contributed by atoms with Gasteiger partial charge in [-0.1, -0.05) is 0 Å².